The van der Waals surface area contributed by atoms with Crippen LogP contribution in [-0.4, -0.2) is 8.58 Å². The Morgan fingerprint density at radius 1 is 1.36 bits per heavy atom. The summed E-state index contributed by atoms with van der Waals surface area (Å²) in [5.41, 5.74) is 2.31. The summed E-state index contributed by atoms with van der Waals surface area (Å²) in [6.07, 6.45) is 3.63. The van der Waals surface area contributed by atoms with Gasteiger partial charge in [-0.05, 0) is 18.6 Å². The first-order chi connectivity index (χ1) is 6.68. The van der Waals surface area contributed by atoms with Crippen LogP contribution in [0.4, 0.5) is 0 Å². The summed E-state index contributed by atoms with van der Waals surface area (Å²) in [6, 6.07) is 6.19. The van der Waals surface area contributed by atoms with E-state index in [0.29, 0.717) is 0 Å². The fourth-order valence-electron chi connectivity index (χ4n) is 1.22. The van der Waals surface area contributed by atoms with Gasteiger partial charge in [0.2, 0.25) is 0 Å². The zero-order chi connectivity index (χ0) is 10.1. The van der Waals surface area contributed by atoms with Gasteiger partial charge in [-0.1, -0.05) is 28.1 Å². The molecule has 14 heavy (non-hydrogen) atoms. The van der Waals surface area contributed by atoms with E-state index in [1.807, 2.05) is 9.79 Å². The average molecular weight is 316 g/mol. The molecule has 4 heteroatoms. The van der Waals surface area contributed by atoms with Gasteiger partial charge in [-0.3, -0.25) is 3.59 Å². The van der Waals surface area contributed by atoms with Gasteiger partial charge >= 0.3 is 0 Å². The number of hydrogen-bond acceptors (Lipinski definition) is 1. The van der Waals surface area contributed by atoms with Crippen molar-refractivity contribution in [1.29, 1.82) is 0 Å². The molecule has 2 rings (SSSR count). The van der Waals surface area contributed by atoms with Crippen LogP contribution in [0.5, 0.6) is 0 Å². The van der Waals surface area contributed by atoms with Crippen LogP contribution in [-0.2, 0) is 0 Å². The Hall–Kier alpha value is -0.610. The number of aryl methyl sites for hydroxylation is 1. The van der Waals surface area contributed by atoms with E-state index < -0.39 is 0 Å². The second-order valence-corrected chi connectivity index (χ2v) is 4.64. The molecule has 1 heterocycles. The van der Waals surface area contributed by atoms with Crippen molar-refractivity contribution in [3.63, 3.8) is 0 Å². The van der Waals surface area contributed by atoms with Crippen molar-refractivity contribution in [3.05, 3.63) is 40.6 Å². The van der Waals surface area contributed by atoms with Gasteiger partial charge in [0.15, 0.2) is 0 Å². The van der Waals surface area contributed by atoms with Crippen LogP contribution in [0.1, 0.15) is 5.56 Å². The average Bonchev–Trinajstić information content (AvgIpc) is 2.57. The van der Waals surface area contributed by atoms with Crippen LogP contribution in [0.2, 0.25) is 0 Å². The van der Waals surface area contributed by atoms with Crippen LogP contribution in [0, 0.1) is 6.92 Å². The number of imidazole rings is 1. The summed E-state index contributed by atoms with van der Waals surface area (Å²) < 4.78 is 2.93. The number of hydrogen-bond donors (Lipinski definition) is 0. The van der Waals surface area contributed by atoms with E-state index in [0.717, 1.165) is 15.9 Å². The molecule has 0 fully saturated rings. The minimum atomic E-state index is 0.908. The molecule has 0 aliphatic heterocycles. The monoisotopic (exact) mass is 314 g/mol. The van der Waals surface area contributed by atoms with Gasteiger partial charge < -0.3 is 0 Å². The quantitative estimate of drug-likeness (QED) is 0.783. The predicted molar refractivity (Wildman–Crippen MR) is 64.4 cm³/mol. The minimum Gasteiger partial charge on any atom is -0.266 e. The third-order valence-electron chi connectivity index (χ3n) is 2.03. The summed E-state index contributed by atoms with van der Waals surface area (Å²) in [5, 5.41) is 0. The molecule has 0 saturated carbocycles. The molecule has 0 saturated heterocycles. The zero-order valence-corrected chi connectivity index (χ0v) is 10.7. The minimum absolute atomic E-state index is 0.908. The van der Waals surface area contributed by atoms with Crippen molar-refractivity contribution in [2.24, 2.45) is 0 Å². The maximum absolute atomic E-state index is 4.25. The van der Waals surface area contributed by atoms with Gasteiger partial charge in [0, 0.05) is 22.4 Å². The Kier molecular flexibility index (Phi) is 2.74. The van der Waals surface area contributed by atoms with Crippen molar-refractivity contribution in [3.8, 4) is 11.4 Å². The summed E-state index contributed by atoms with van der Waals surface area (Å²) in [7, 11) is 0. The maximum Gasteiger partial charge on any atom is 0.150 e. The summed E-state index contributed by atoms with van der Waals surface area (Å²) in [4.78, 5) is 4.25. The molecule has 0 amide bonds. The molecular formula is C10H8Br2N2. The van der Waals surface area contributed by atoms with Crippen molar-refractivity contribution >= 4 is 32.1 Å². The van der Waals surface area contributed by atoms with E-state index in [2.05, 4.69) is 62.2 Å². The normalized spacial score (nSPS) is 10.5. The molecule has 0 atom stereocenters. The lowest BCUT2D eigenvalue weighted by Gasteiger charge is -2.02. The molecule has 0 bridgehead atoms. The smallest absolute Gasteiger partial charge is 0.150 e. The van der Waals surface area contributed by atoms with Gasteiger partial charge in [-0.2, -0.15) is 0 Å². The van der Waals surface area contributed by atoms with E-state index >= 15 is 0 Å². The lowest BCUT2D eigenvalue weighted by Crippen LogP contribution is -1.86. The second-order valence-electron chi connectivity index (χ2n) is 3.03. The molecule has 0 aliphatic carbocycles. The van der Waals surface area contributed by atoms with Crippen molar-refractivity contribution in [2.75, 3.05) is 0 Å². The van der Waals surface area contributed by atoms with Gasteiger partial charge in [-0.15, -0.1) is 0 Å². The van der Waals surface area contributed by atoms with Gasteiger partial charge in [0.05, 0.1) is 16.1 Å². The summed E-state index contributed by atoms with van der Waals surface area (Å²) in [5.74, 6) is 0.908. The fraction of sp³-hybridized carbons (Fsp3) is 0.100. The third kappa shape index (κ3) is 1.77. The molecular weight excluding hydrogens is 308 g/mol. The largest absolute Gasteiger partial charge is 0.266 e. The number of aromatic nitrogens is 2. The standard InChI is InChI=1S/C10H8Br2N2/c1-7-2-3-8(6-9(7)11)10-13-4-5-14(10)12/h2-6H,1H3. The summed E-state index contributed by atoms with van der Waals surface area (Å²) >= 11 is 6.89. The van der Waals surface area contributed by atoms with Crippen molar-refractivity contribution in [2.45, 2.75) is 6.92 Å². The molecule has 0 N–H and O–H groups in total. The maximum atomic E-state index is 4.25. The molecule has 0 unspecified atom stereocenters. The number of nitrogens with zero attached hydrogens (tertiary/aromatic N) is 2. The van der Waals surface area contributed by atoms with Crippen LogP contribution in [0.25, 0.3) is 11.4 Å². The van der Waals surface area contributed by atoms with Gasteiger partial charge in [-0.25, -0.2) is 4.98 Å². The highest BCUT2D eigenvalue weighted by molar-refractivity contribution is 9.10. The number of benzene rings is 1. The highest BCUT2D eigenvalue weighted by Gasteiger charge is 2.05. The topological polar surface area (TPSA) is 17.8 Å². The molecule has 0 spiro atoms. The Labute approximate surface area is 99.4 Å². The lowest BCUT2D eigenvalue weighted by molar-refractivity contribution is 1.25. The van der Waals surface area contributed by atoms with Crippen molar-refractivity contribution < 1.29 is 0 Å². The van der Waals surface area contributed by atoms with Crippen LogP contribution in [0.15, 0.2) is 35.1 Å². The molecule has 0 aliphatic rings. The van der Waals surface area contributed by atoms with E-state index in [-0.39, 0.29) is 0 Å². The molecule has 1 aromatic carbocycles. The first kappa shape index (κ1) is 9.93. The number of halogens is 2. The molecule has 2 nitrogen and oxygen atoms in total. The highest BCUT2D eigenvalue weighted by Crippen LogP contribution is 2.25. The first-order valence-corrected chi connectivity index (χ1v) is 5.65. The Morgan fingerprint density at radius 3 is 2.71 bits per heavy atom. The molecule has 2 aromatic rings. The lowest BCUT2D eigenvalue weighted by atomic mass is 10.1. The summed E-state index contributed by atoms with van der Waals surface area (Å²) in [6.45, 7) is 2.06. The molecule has 0 radical (unpaired) electrons. The van der Waals surface area contributed by atoms with Gasteiger partial charge in [0.1, 0.15) is 5.82 Å². The van der Waals surface area contributed by atoms with E-state index in [9.17, 15) is 0 Å². The Morgan fingerprint density at radius 2 is 2.14 bits per heavy atom. The van der Waals surface area contributed by atoms with Crippen LogP contribution in [0.3, 0.4) is 0 Å². The van der Waals surface area contributed by atoms with Gasteiger partial charge in [0.25, 0.3) is 0 Å². The molecule has 72 valence electrons. The number of rotatable bonds is 1. The second kappa shape index (κ2) is 3.87. The molecule has 1 aromatic heterocycles. The SMILES string of the molecule is Cc1ccc(-c2nccn2Br)cc1Br. The predicted octanol–water partition coefficient (Wildman–Crippen LogP) is 3.78. The zero-order valence-electron chi connectivity index (χ0n) is 7.54. The van der Waals surface area contributed by atoms with E-state index in [1.165, 1.54) is 5.56 Å². The van der Waals surface area contributed by atoms with E-state index in [1.54, 1.807) is 6.20 Å². The van der Waals surface area contributed by atoms with Crippen molar-refractivity contribution in [1.82, 2.24) is 8.58 Å². The Balaban J connectivity index is 2.53. The first-order valence-electron chi connectivity index (χ1n) is 4.14. The highest BCUT2D eigenvalue weighted by atomic mass is 79.9. The Bertz CT molecular complexity index is 463. The fourth-order valence-corrected chi connectivity index (χ4v) is 2.00. The van der Waals surface area contributed by atoms with Crippen LogP contribution < -0.4 is 0 Å². The van der Waals surface area contributed by atoms with Crippen LogP contribution >= 0.6 is 32.1 Å². The third-order valence-corrected chi connectivity index (χ3v) is 3.45. The van der Waals surface area contributed by atoms with E-state index in [4.69, 9.17) is 0 Å².